The Morgan fingerprint density at radius 3 is 2.65 bits per heavy atom. The average Bonchev–Trinajstić information content (AvgIpc) is 2.43. The standard InChI is InChI=1S/C16H20O4/c1-4-5-6-10-19-16(18)13-8-7-9-14(11-13)20-15(17)12(2)3/h7-9,11H,2,4-6,10H2,1,3H3. The van der Waals surface area contributed by atoms with Crippen molar-refractivity contribution >= 4 is 11.9 Å². The summed E-state index contributed by atoms with van der Waals surface area (Å²) in [7, 11) is 0. The molecule has 0 saturated heterocycles. The van der Waals surface area contributed by atoms with Crippen molar-refractivity contribution in [2.45, 2.75) is 33.1 Å². The van der Waals surface area contributed by atoms with E-state index in [9.17, 15) is 9.59 Å². The highest BCUT2D eigenvalue weighted by atomic mass is 16.5. The Kier molecular flexibility index (Phi) is 6.50. The molecule has 0 fully saturated rings. The molecule has 0 heterocycles. The number of rotatable bonds is 7. The largest absolute Gasteiger partial charge is 0.462 e. The maximum absolute atomic E-state index is 11.8. The van der Waals surface area contributed by atoms with Crippen LogP contribution in [0.3, 0.4) is 0 Å². The van der Waals surface area contributed by atoms with E-state index in [1.54, 1.807) is 25.1 Å². The van der Waals surface area contributed by atoms with Crippen LogP contribution in [0.2, 0.25) is 0 Å². The van der Waals surface area contributed by atoms with Gasteiger partial charge in [-0.25, -0.2) is 9.59 Å². The fraction of sp³-hybridized carbons (Fsp3) is 0.375. The number of benzene rings is 1. The average molecular weight is 276 g/mol. The van der Waals surface area contributed by atoms with Crippen LogP contribution in [-0.4, -0.2) is 18.5 Å². The lowest BCUT2D eigenvalue weighted by Gasteiger charge is -2.07. The number of carbonyl (C=O) groups is 2. The topological polar surface area (TPSA) is 52.6 Å². The first-order chi connectivity index (χ1) is 9.54. The third-order valence-corrected chi connectivity index (χ3v) is 2.61. The molecule has 0 aliphatic heterocycles. The van der Waals surface area contributed by atoms with E-state index in [2.05, 4.69) is 13.5 Å². The summed E-state index contributed by atoms with van der Waals surface area (Å²) in [6, 6.07) is 6.36. The molecular weight excluding hydrogens is 256 g/mol. The van der Waals surface area contributed by atoms with Crippen LogP contribution >= 0.6 is 0 Å². The minimum absolute atomic E-state index is 0.303. The molecule has 0 aliphatic rings. The van der Waals surface area contributed by atoms with Crippen molar-refractivity contribution in [3.63, 3.8) is 0 Å². The Balaban J connectivity index is 2.60. The van der Waals surface area contributed by atoms with Crippen molar-refractivity contribution in [3.05, 3.63) is 42.0 Å². The lowest BCUT2D eigenvalue weighted by Crippen LogP contribution is -2.10. The second-order valence-electron chi connectivity index (χ2n) is 4.54. The third kappa shape index (κ3) is 5.26. The van der Waals surface area contributed by atoms with Gasteiger partial charge >= 0.3 is 11.9 Å². The number of carbonyl (C=O) groups excluding carboxylic acids is 2. The molecule has 0 aliphatic carbocycles. The summed E-state index contributed by atoms with van der Waals surface area (Å²) in [4.78, 5) is 23.2. The van der Waals surface area contributed by atoms with E-state index in [0.29, 0.717) is 23.5 Å². The van der Waals surface area contributed by atoms with E-state index < -0.39 is 11.9 Å². The Morgan fingerprint density at radius 2 is 2.00 bits per heavy atom. The zero-order valence-corrected chi connectivity index (χ0v) is 12.0. The zero-order valence-electron chi connectivity index (χ0n) is 12.0. The summed E-state index contributed by atoms with van der Waals surface area (Å²) in [6.45, 7) is 7.55. The van der Waals surface area contributed by atoms with Crippen LogP contribution in [0.1, 0.15) is 43.5 Å². The van der Waals surface area contributed by atoms with Gasteiger partial charge in [0.2, 0.25) is 0 Å². The van der Waals surface area contributed by atoms with Crippen LogP contribution in [0.15, 0.2) is 36.4 Å². The van der Waals surface area contributed by atoms with Gasteiger partial charge in [0.1, 0.15) is 5.75 Å². The fourth-order valence-electron chi connectivity index (χ4n) is 1.48. The lowest BCUT2D eigenvalue weighted by molar-refractivity contribution is -0.130. The van der Waals surface area contributed by atoms with Crippen molar-refractivity contribution in [2.24, 2.45) is 0 Å². The van der Waals surface area contributed by atoms with E-state index in [1.165, 1.54) is 6.07 Å². The minimum atomic E-state index is -0.515. The lowest BCUT2D eigenvalue weighted by atomic mass is 10.2. The van der Waals surface area contributed by atoms with Crippen LogP contribution in [0.5, 0.6) is 5.75 Å². The molecule has 0 bridgehead atoms. The van der Waals surface area contributed by atoms with E-state index in [4.69, 9.17) is 9.47 Å². The van der Waals surface area contributed by atoms with Crippen molar-refractivity contribution in [1.82, 2.24) is 0 Å². The van der Waals surface area contributed by atoms with Crippen LogP contribution < -0.4 is 4.74 Å². The van der Waals surface area contributed by atoms with Gasteiger partial charge < -0.3 is 9.47 Å². The van der Waals surface area contributed by atoms with Gasteiger partial charge in [-0.05, 0) is 31.5 Å². The molecule has 0 radical (unpaired) electrons. The first-order valence-electron chi connectivity index (χ1n) is 6.69. The van der Waals surface area contributed by atoms with E-state index in [1.807, 2.05) is 0 Å². The van der Waals surface area contributed by atoms with Gasteiger partial charge in [0.25, 0.3) is 0 Å². The maximum Gasteiger partial charge on any atom is 0.338 e. The normalized spacial score (nSPS) is 9.90. The summed E-state index contributed by atoms with van der Waals surface area (Å²) in [6.07, 6.45) is 2.96. The second-order valence-corrected chi connectivity index (χ2v) is 4.54. The predicted octanol–water partition coefficient (Wildman–Crippen LogP) is 3.52. The van der Waals surface area contributed by atoms with Crippen LogP contribution in [-0.2, 0) is 9.53 Å². The smallest absolute Gasteiger partial charge is 0.338 e. The molecule has 0 unspecified atom stereocenters. The molecule has 0 N–H and O–H groups in total. The molecule has 20 heavy (non-hydrogen) atoms. The Morgan fingerprint density at radius 1 is 1.25 bits per heavy atom. The molecule has 0 saturated carbocycles. The first-order valence-corrected chi connectivity index (χ1v) is 6.69. The summed E-state index contributed by atoms with van der Waals surface area (Å²) in [5.41, 5.74) is 0.672. The van der Waals surface area contributed by atoms with Crippen molar-refractivity contribution in [1.29, 1.82) is 0 Å². The van der Waals surface area contributed by atoms with E-state index >= 15 is 0 Å². The van der Waals surface area contributed by atoms with Gasteiger partial charge in [-0.15, -0.1) is 0 Å². The highest BCUT2D eigenvalue weighted by Crippen LogP contribution is 2.15. The summed E-state index contributed by atoms with van der Waals surface area (Å²) in [5, 5.41) is 0. The predicted molar refractivity (Wildman–Crippen MR) is 76.7 cm³/mol. The second kappa shape index (κ2) is 8.15. The number of unbranched alkanes of at least 4 members (excludes halogenated alkanes) is 2. The molecule has 0 spiro atoms. The van der Waals surface area contributed by atoms with Crippen molar-refractivity contribution in [3.8, 4) is 5.75 Å². The van der Waals surface area contributed by atoms with Crippen molar-refractivity contribution < 1.29 is 19.1 Å². The van der Waals surface area contributed by atoms with Gasteiger partial charge in [0.15, 0.2) is 0 Å². The van der Waals surface area contributed by atoms with E-state index in [0.717, 1.165) is 19.3 Å². The van der Waals surface area contributed by atoms with E-state index in [-0.39, 0.29) is 0 Å². The van der Waals surface area contributed by atoms with Gasteiger partial charge in [-0.2, -0.15) is 0 Å². The summed E-state index contributed by atoms with van der Waals surface area (Å²) >= 11 is 0. The zero-order chi connectivity index (χ0) is 15.0. The first kappa shape index (κ1) is 16.0. The Bertz CT molecular complexity index is 491. The molecule has 0 aromatic heterocycles. The molecule has 4 heteroatoms. The molecule has 1 aromatic carbocycles. The van der Waals surface area contributed by atoms with Gasteiger partial charge in [-0.3, -0.25) is 0 Å². The quantitative estimate of drug-likeness (QED) is 0.331. The Labute approximate surface area is 119 Å². The Hall–Kier alpha value is -2.10. The highest BCUT2D eigenvalue weighted by Gasteiger charge is 2.10. The molecule has 108 valence electrons. The third-order valence-electron chi connectivity index (χ3n) is 2.61. The molecule has 0 atom stereocenters. The van der Waals surface area contributed by atoms with Gasteiger partial charge in [0, 0.05) is 5.57 Å². The van der Waals surface area contributed by atoms with Crippen LogP contribution in [0, 0.1) is 0 Å². The summed E-state index contributed by atoms with van der Waals surface area (Å²) < 4.78 is 10.2. The molecule has 0 amide bonds. The highest BCUT2D eigenvalue weighted by molar-refractivity contribution is 5.91. The summed E-state index contributed by atoms with van der Waals surface area (Å²) in [5.74, 6) is -0.617. The molecular formula is C16H20O4. The van der Waals surface area contributed by atoms with Gasteiger partial charge in [0.05, 0.1) is 12.2 Å². The number of hydrogen-bond donors (Lipinski definition) is 0. The van der Waals surface area contributed by atoms with Crippen LogP contribution in [0.4, 0.5) is 0 Å². The molecule has 1 rings (SSSR count). The fourth-order valence-corrected chi connectivity index (χ4v) is 1.48. The van der Waals surface area contributed by atoms with Gasteiger partial charge in [-0.1, -0.05) is 32.4 Å². The number of esters is 2. The molecule has 1 aromatic rings. The van der Waals surface area contributed by atoms with Crippen molar-refractivity contribution in [2.75, 3.05) is 6.61 Å². The maximum atomic E-state index is 11.8. The SMILES string of the molecule is C=C(C)C(=O)Oc1cccc(C(=O)OCCCCC)c1. The van der Waals surface area contributed by atoms with Crippen LogP contribution in [0.25, 0.3) is 0 Å². The monoisotopic (exact) mass is 276 g/mol. The number of hydrogen-bond acceptors (Lipinski definition) is 4. The minimum Gasteiger partial charge on any atom is -0.462 e. The number of ether oxygens (including phenoxy) is 2. The molecule has 4 nitrogen and oxygen atoms in total.